The van der Waals surface area contributed by atoms with Gasteiger partial charge in [0.05, 0.1) is 12.6 Å². The molecule has 0 saturated carbocycles. The van der Waals surface area contributed by atoms with Crippen molar-refractivity contribution >= 4 is 6.09 Å². The van der Waals surface area contributed by atoms with Gasteiger partial charge in [-0.15, -0.1) is 0 Å². The SMILES string of the molecule is Cc1cc(C(CO)NC(=O)O)ccc1O. The third-order valence-electron chi connectivity index (χ3n) is 2.10. The van der Waals surface area contributed by atoms with Crippen LogP contribution in [0.15, 0.2) is 18.2 Å². The van der Waals surface area contributed by atoms with Crippen LogP contribution in [0.25, 0.3) is 0 Å². The molecule has 5 heteroatoms. The second kappa shape index (κ2) is 4.65. The molecule has 5 nitrogen and oxygen atoms in total. The van der Waals surface area contributed by atoms with Crippen LogP contribution in [-0.2, 0) is 0 Å². The molecule has 1 aromatic rings. The first-order chi connectivity index (χ1) is 7.04. The third-order valence-corrected chi connectivity index (χ3v) is 2.10. The van der Waals surface area contributed by atoms with Crippen molar-refractivity contribution in [1.29, 1.82) is 0 Å². The molecule has 0 heterocycles. The first-order valence-electron chi connectivity index (χ1n) is 4.44. The van der Waals surface area contributed by atoms with E-state index in [1.54, 1.807) is 19.1 Å². The first kappa shape index (κ1) is 11.3. The lowest BCUT2D eigenvalue weighted by Crippen LogP contribution is -2.29. The molecule has 0 aliphatic heterocycles. The fourth-order valence-electron chi connectivity index (χ4n) is 1.28. The number of aryl methyl sites for hydroxylation is 1. The van der Waals surface area contributed by atoms with Gasteiger partial charge in [0.25, 0.3) is 0 Å². The van der Waals surface area contributed by atoms with Gasteiger partial charge in [-0.2, -0.15) is 0 Å². The van der Waals surface area contributed by atoms with Gasteiger partial charge in [0.1, 0.15) is 5.75 Å². The summed E-state index contributed by atoms with van der Waals surface area (Å²) in [5.41, 5.74) is 1.26. The number of phenols is 1. The number of amides is 1. The van der Waals surface area contributed by atoms with Crippen molar-refractivity contribution in [3.05, 3.63) is 29.3 Å². The van der Waals surface area contributed by atoms with Crippen LogP contribution in [0.2, 0.25) is 0 Å². The van der Waals surface area contributed by atoms with Crippen LogP contribution in [0.1, 0.15) is 17.2 Å². The monoisotopic (exact) mass is 211 g/mol. The van der Waals surface area contributed by atoms with E-state index in [1.165, 1.54) is 6.07 Å². The first-order valence-corrected chi connectivity index (χ1v) is 4.44. The molecule has 82 valence electrons. The Morgan fingerprint density at radius 3 is 2.67 bits per heavy atom. The molecule has 0 fully saturated rings. The molecule has 0 aromatic heterocycles. The highest BCUT2D eigenvalue weighted by Crippen LogP contribution is 2.21. The molecule has 0 saturated heterocycles. The van der Waals surface area contributed by atoms with Crippen LogP contribution in [0.3, 0.4) is 0 Å². The van der Waals surface area contributed by atoms with Crippen molar-refractivity contribution in [3.63, 3.8) is 0 Å². The average molecular weight is 211 g/mol. The van der Waals surface area contributed by atoms with Crippen LogP contribution in [0, 0.1) is 6.92 Å². The van der Waals surface area contributed by atoms with Crippen LogP contribution < -0.4 is 5.32 Å². The van der Waals surface area contributed by atoms with Gasteiger partial charge in [0.15, 0.2) is 0 Å². The third kappa shape index (κ3) is 2.85. The standard InChI is InChI=1S/C10H13NO4/c1-6-4-7(2-3-9(6)13)8(5-12)11-10(14)15/h2-4,8,11-13H,5H2,1H3,(H,14,15). The van der Waals surface area contributed by atoms with Crippen LogP contribution in [0.5, 0.6) is 5.75 Å². The average Bonchev–Trinajstić information content (AvgIpc) is 2.18. The molecule has 15 heavy (non-hydrogen) atoms. The second-order valence-corrected chi connectivity index (χ2v) is 3.23. The number of nitrogens with one attached hydrogen (secondary N) is 1. The molecule has 0 aliphatic carbocycles. The maximum atomic E-state index is 10.4. The zero-order valence-corrected chi connectivity index (χ0v) is 8.27. The predicted molar refractivity (Wildman–Crippen MR) is 53.8 cm³/mol. The summed E-state index contributed by atoms with van der Waals surface area (Å²) in [6.45, 7) is 1.38. The maximum Gasteiger partial charge on any atom is 0.405 e. The molecule has 0 bridgehead atoms. The summed E-state index contributed by atoms with van der Waals surface area (Å²) < 4.78 is 0. The number of aliphatic hydroxyl groups excluding tert-OH is 1. The van der Waals surface area contributed by atoms with Gasteiger partial charge in [0.2, 0.25) is 0 Å². The fourth-order valence-corrected chi connectivity index (χ4v) is 1.28. The van der Waals surface area contributed by atoms with E-state index in [0.717, 1.165) is 0 Å². The largest absolute Gasteiger partial charge is 0.508 e. The highest BCUT2D eigenvalue weighted by Gasteiger charge is 2.13. The van der Waals surface area contributed by atoms with Crippen molar-refractivity contribution in [1.82, 2.24) is 5.32 Å². The Balaban J connectivity index is 2.92. The van der Waals surface area contributed by atoms with Crippen molar-refractivity contribution in [3.8, 4) is 5.75 Å². The molecular formula is C10H13NO4. The van der Waals surface area contributed by atoms with Gasteiger partial charge >= 0.3 is 6.09 Å². The fraction of sp³-hybridized carbons (Fsp3) is 0.300. The van der Waals surface area contributed by atoms with E-state index in [9.17, 15) is 9.90 Å². The van der Waals surface area contributed by atoms with Crippen LogP contribution >= 0.6 is 0 Å². The number of hydrogen-bond acceptors (Lipinski definition) is 3. The topological polar surface area (TPSA) is 89.8 Å². The smallest absolute Gasteiger partial charge is 0.405 e. The Morgan fingerprint density at radius 1 is 1.53 bits per heavy atom. The molecule has 1 rings (SSSR count). The lowest BCUT2D eigenvalue weighted by molar-refractivity contribution is 0.177. The number of carbonyl (C=O) groups is 1. The van der Waals surface area contributed by atoms with Crippen molar-refractivity contribution in [2.24, 2.45) is 0 Å². The number of phenolic OH excluding ortho intramolecular Hbond substituents is 1. The van der Waals surface area contributed by atoms with Crippen LogP contribution in [-0.4, -0.2) is 28.0 Å². The Hall–Kier alpha value is -1.75. The normalized spacial score (nSPS) is 12.1. The summed E-state index contributed by atoms with van der Waals surface area (Å²) in [4.78, 5) is 10.4. The Kier molecular flexibility index (Phi) is 3.51. The summed E-state index contributed by atoms with van der Waals surface area (Å²) in [5, 5.41) is 29.0. The van der Waals surface area contributed by atoms with E-state index in [1.807, 2.05) is 0 Å². The number of hydrogen-bond donors (Lipinski definition) is 4. The van der Waals surface area contributed by atoms with Crippen molar-refractivity contribution in [2.45, 2.75) is 13.0 Å². The highest BCUT2D eigenvalue weighted by atomic mass is 16.4. The van der Waals surface area contributed by atoms with E-state index in [2.05, 4.69) is 5.32 Å². The van der Waals surface area contributed by atoms with Gasteiger partial charge in [-0.05, 0) is 24.1 Å². The second-order valence-electron chi connectivity index (χ2n) is 3.23. The zero-order chi connectivity index (χ0) is 11.4. The number of aromatic hydroxyl groups is 1. The molecule has 0 spiro atoms. The molecule has 0 aliphatic rings. The lowest BCUT2D eigenvalue weighted by Gasteiger charge is -2.15. The van der Waals surface area contributed by atoms with E-state index >= 15 is 0 Å². The van der Waals surface area contributed by atoms with E-state index in [0.29, 0.717) is 11.1 Å². The van der Waals surface area contributed by atoms with Gasteiger partial charge in [-0.1, -0.05) is 12.1 Å². The van der Waals surface area contributed by atoms with Crippen molar-refractivity contribution in [2.75, 3.05) is 6.61 Å². The minimum atomic E-state index is -1.19. The number of aliphatic hydroxyl groups is 1. The molecule has 1 unspecified atom stereocenters. The zero-order valence-electron chi connectivity index (χ0n) is 8.27. The van der Waals surface area contributed by atoms with Gasteiger partial charge in [-0.3, -0.25) is 0 Å². The highest BCUT2D eigenvalue weighted by molar-refractivity contribution is 5.65. The Labute approximate surface area is 87.0 Å². The predicted octanol–water partition coefficient (Wildman–Crippen LogP) is 1.00. The van der Waals surface area contributed by atoms with E-state index < -0.39 is 12.1 Å². The summed E-state index contributed by atoms with van der Waals surface area (Å²) in [5.74, 6) is 0.144. The molecule has 1 aromatic carbocycles. The summed E-state index contributed by atoms with van der Waals surface area (Å²) in [7, 11) is 0. The minimum absolute atomic E-state index is 0.144. The van der Waals surface area contributed by atoms with Gasteiger partial charge < -0.3 is 20.6 Å². The molecular weight excluding hydrogens is 198 g/mol. The van der Waals surface area contributed by atoms with E-state index in [4.69, 9.17) is 10.2 Å². The Bertz CT molecular complexity index is 364. The lowest BCUT2D eigenvalue weighted by atomic mass is 10.0. The summed E-state index contributed by atoms with van der Waals surface area (Å²) in [6.07, 6.45) is -1.19. The molecule has 1 atom stereocenters. The van der Waals surface area contributed by atoms with Crippen LogP contribution in [0.4, 0.5) is 4.79 Å². The molecule has 4 N–H and O–H groups in total. The minimum Gasteiger partial charge on any atom is -0.508 e. The Morgan fingerprint density at radius 2 is 2.20 bits per heavy atom. The molecule has 1 amide bonds. The molecule has 0 radical (unpaired) electrons. The van der Waals surface area contributed by atoms with Crippen molar-refractivity contribution < 1.29 is 20.1 Å². The van der Waals surface area contributed by atoms with Gasteiger partial charge in [-0.25, -0.2) is 4.79 Å². The van der Waals surface area contributed by atoms with Gasteiger partial charge in [0, 0.05) is 0 Å². The van der Waals surface area contributed by atoms with E-state index in [-0.39, 0.29) is 12.4 Å². The summed E-state index contributed by atoms with van der Waals surface area (Å²) >= 11 is 0. The number of carboxylic acid groups (broad SMARTS) is 1. The maximum absolute atomic E-state index is 10.4. The number of benzene rings is 1. The summed E-state index contributed by atoms with van der Waals surface area (Å²) in [6, 6.07) is 4.00. The quantitative estimate of drug-likeness (QED) is 0.600. The number of rotatable bonds is 3.